The molecular weight excluding hydrogens is 320 g/mol. The van der Waals surface area contributed by atoms with E-state index in [1.165, 1.54) is 19.2 Å². The molecule has 2 rings (SSSR count). The summed E-state index contributed by atoms with van der Waals surface area (Å²) in [6.45, 7) is -0.547. The minimum absolute atomic E-state index is 0.0460. The Kier molecular flexibility index (Phi) is 4.69. The second kappa shape index (κ2) is 6.37. The fraction of sp³-hybridized carbons (Fsp3) is 0.286. The average molecular weight is 332 g/mol. The van der Waals surface area contributed by atoms with E-state index in [1.807, 2.05) is 0 Å². The number of benzene rings is 1. The SMILES string of the molecule is COc1ccc([C@@H](O)Cn2nc(C(F)(F)F)ccc2=O)cc1F. The summed E-state index contributed by atoms with van der Waals surface area (Å²) in [7, 11) is 1.26. The van der Waals surface area contributed by atoms with Crippen molar-refractivity contribution < 1.29 is 27.4 Å². The molecule has 1 heterocycles. The summed E-state index contributed by atoms with van der Waals surface area (Å²) in [5.74, 6) is -0.788. The second-order valence-corrected chi connectivity index (χ2v) is 4.65. The molecule has 0 aliphatic carbocycles. The number of aliphatic hydroxyl groups excluding tert-OH is 1. The quantitative estimate of drug-likeness (QED) is 0.872. The Balaban J connectivity index is 2.28. The molecule has 0 amide bonds. The zero-order valence-corrected chi connectivity index (χ0v) is 11.8. The average Bonchev–Trinajstić information content (AvgIpc) is 2.48. The summed E-state index contributed by atoms with van der Waals surface area (Å²) in [6, 6.07) is 4.83. The van der Waals surface area contributed by atoms with Crippen molar-refractivity contribution in [1.29, 1.82) is 0 Å². The molecule has 124 valence electrons. The summed E-state index contributed by atoms with van der Waals surface area (Å²) >= 11 is 0. The van der Waals surface area contributed by atoms with Gasteiger partial charge < -0.3 is 9.84 Å². The Hall–Kier alpha value is -2.42. The number of ether oxygens (including phenoxy) is 1. The molecule has 0 radical (unpaired) electrons. The summed E-state index contributed by atoms with van der Waals surface area (Å²) in [5.41, 5.74) is -1.99. The van der Waals surface area contributed by atoms with Crippen molar-refractivity contribution >= 4 is 0 Å². The molecule has 9 heteroatoms. The van der Waals surface area contributed by atoms with Gasteiger partial charge in [-0.3, -0.25) is 4.79 Å². The standard InChI is InChI=1S/C14H12F4N2O3/c1-23-11-3-2-8(6-9(11)15)10(21)7-20-13(22)5-4-12(19-20)14(16,17)18/h2-6,10,21H,7H2,1H3/t10-/m0/s1. The van der Waals surface area contributed by atoms with Crippen molar-refractivity contribution in [2.24, 2.45) is 0 Å². The Morgan fingerprint density at radius 3 is 2.57 bits per heavy atom. The van der Waals surface area contributed by atoms with Crippen LogP contribution < -0.4 is 10.3 Å². The van der Waals surface area contributed by atoms with Gasteiger partial charge in [0.05, 0.1) is 19.8 Å². The lowest BCUT2D eigenvalue weighted by Gasteiger charge is -2.14. The van der Waals surface area contributed by atoms with Crippen LogP contribution in [0.25, 0.3) is 0 Å². The molecular formula is C14H12F4N2O3. The second-order valence-electron chi connectivity index (χ2n) is 4.65. The van der Waals surface area contributed by atoms with Gasteiger partial charge >= 0.3 is 6.18 Å². The molecule has 0 unspecified atom stereocenters. The van der Waals surface area contributed by atoms with E-state index in [9.17, 15) is 27.5 Å². The molecule has 1 atom stereocenters. The van der Waals surface area contributed by atoms with Gasteiger partial charge in [0.15, 0.2) is 17.3 Å². The van der Waals surface area contributed by atoms with E-state index in [0.29, 0.717) is 16.8 Å². The van der Waals surface area contributed by atoms with Crippen LogP contribution >= 0.6 is 0 Å². The van der Waals surface area contributed by atoms with E-state index < -0.39 is 35.9 Å². The summed E-state index contributed by atoms with van der Waals surface area (Å²) in [5, 5.41) is 13.2. The maximum Gasteiger partial charge on any atom is 0.435 e. The predicted molar refractivity (Wildman–Crippen MR) is 71.4 cm³/mol. The van der Waals surface area contributed by atoms with Crippen LogP contribution in [0.1, 0.15) is 17.4 Å². The molecule has 0 saturated heterocycles. The maximum absolute atomic E-state index is 13.6. The van der Waals surface area contributed by atoms with Crippen LogP contribution in [-0.4, -0.2) is 22.0 Å². The first kappa shape index (κ1) is 16.9. The van der Waals surface area contributed by atoms with Crippen LogP contribution in [0.4, 0.5) is 17.6 Å². The molecule has 0 fully saturated rings. The zero-order valence-electron chi connectivity index (χ0n) is 11.8. The molecule has 0 aliphatic rings. The largest absolute Gasteiger partial charge is 0.494 e. The Morgan fingerprint density at radius 1 is 1.30 bits per heavy atom. The van der Waals surface area contributed by atoms with Crippen molar-refractivity contribution in [3.63, 3.8) is 0 Å². The Morgan fingerprint density at radius 2 is 2.00 bits per heavy atom. The number of aliphatic hydroxyl groups is 1. The number of hydrogen-bond acceptors (Lipinski definition) is 4. The number of nitrogens with zero attached hydrogens (tertiary/aromatic N) is 2. The molecule has 0 spiro atoms. The molecule has 1 N–H and O–H groups in total. The highest BCUT2D eigenvalue weighted by Gasteiger charge is 2.33. The van der Waals surface area contributed by atoms with E-state index in [-0.39, 0.29) is 11.3 Å². The first-order chi connectivity index (χ1) is 10.7. The lowest BCUT2D eigenvalue weighted by atomic mass is 10.1. The molecule has 0 saturated carbocycles. The molecule has 1 aromatic heterocycles. The summed E-state index contributed by atoms with van der Waals surface area (Å²) < 4.78 is 56.6. The minimum Gasteiger partial charge on any atom is -0.494 e. The molecule has 2 aromatic rings. The number of halogens is 4. The first-order valence-electron chi connectivity index (χ1n) is 6.39. The van der Waals surface area contributed by atoms with E-state index in [4.69, 9.17) is 4.74 Å². The number of hydrogen-bond donors (Lipinski definition) is 1. The van der Waals surface area contributed by atoms with Gasteiger partial charge in [0.1, 0.15) is 0 Å². The Bertz CT molecular complexity index is 758. The maximum atomic E-state index is 13.6. The van der Waals surface area contributed by atoms with Gasteiger partial charge in [0.2, 0.25) is 0 Å². The predicted octanol–water partition coefficient (Wildman–Crippen LogP) is 2.14. The van der Waals surface area contributed by atoms with Crippen molar-refractivity contribution in [1.82, 2.24) is 9.78 Å². The lowest BCUT2D eigenvalue weighted by Crippen LogP contribution is -2.28. The van der Waals surface area contributed by atoms with Crippen molar-refractivity contribution in [2.75, 3.05) is 7.11 Å². The molecule has 0 bridgehead atoms. The van der Waals surface area contributed by atoms with Crippen molar-refractivity contribution in [3.05, 3.63) is 57.8 Å². The van der Waals surface area contributed by atoms with Gasteiger partial charge in [-0.15, -0.1) is 0 Å². The number of rotatable bonds is 4. The van der Waals surface area contributed by atoms with E-state index >= 15 is 0 Å². The number of aromatic nitrogens is 2. The number of alkyl halides is 3. The molecule has 1 aromatic carbocycles. The van der Waals surface area contributed by atoms with E-state index in [2.05, 4.69) is 5.10 Å². The van der Waals surface area contributed by atoms with Gasteiger partial charge in [0, 0.05) is 6.07 Å². The van der Waals surface area contributed by atoms with Gasteiger partial charge in [-0.05, 0) is 23.8 Å². The van der Waals surface area contributed by atoms with Gasteiger partial charge in [-0.2, -0.15) is 18.3 Å². The Labute approximate surface area is 127 Å². The van der Waals surface area contributed by atoms with Crippen LogP contribution in [0.5, 0.6) is 5.75 Å². The smallest absolute Gasteiger partial charge is 0.435 e. The normalized spacial score (nSPS) is 13.0. The lowest BCUT2D eigenvalue weighted by molar-refractivity contribution is -0.142. The summed E-state index contributed by atoms with van der Waals surface area (Å²) in [4.78, 5) is 11.6. The third kappa shape index (κ3) is 3.86. The van der Waals surface area contributed by atoms with E-state index in [0.717, 1.165) is 6.07 Å². The number of methoxy groups -OCH3 is 1. The van der Waals surface area contributed by atoms with Crippen LogP contribution in [-0.2, 0) is 12.7 Å². The van der Waals surface area contributed by atoms with Gasteiger partial charge in [0.25, 0.3) is 5.56 Å². The fourth-order valence-electron chi connectivity index (χ4n) is 1.89. The van der Waals surface area contributed by atoms with E-state index in [1.54, 1.807) is 0 Å². The highest BCUT2D eigenvalue weighted by atomic mass is 19.4. The third-order valence-electron chi connectivity index (χ3n) is 3.06. The minimum atomic E-state index is -4.72. The molecule has 0 aliphatic heterocycles. The topological polar surface area (TPSA) is 64.3 Å². The highest BCUT2D eigenvalue weighted by molar-refractivity contribution is 5.30. The van der Waals surface area contributed by atoms with Gasteiger partial charge in [-0.1, -0.05) is 6.07 Å². The van der Waals surface area contributed by atoms with Crippen LogP contribution in [0.2, 0.25) is 0 Å². The molecule has 23 heavy (non-hydrogen) atoms. The van der Waals surface area contributed by atoms with Crippen molar-refractivity contribution in [3.8, 4) is 5.75 Å². The third-order valence-corrected chi connectivity index (χ3v) is 3.06. The van der Waals surface area contributed by atoms with Crippen LogP contribution in [0, 0.1) is 5.82 Å². The fourth-order valence-corrected chi connectivity index (χ4v) is 1.89. The monoisotopic (exact) mass is 332 g/mol. The first-order valence-corrected chi connectivity index (χ1v) is 6.39. The summed E-state index contributed by atoms with van der Waals surface area (Å²) in [6.07, 6.45) is -6.13. The van der Waals surface area contributed by atoms with Gasteiger partial charge in [-0.25, -0.2) is 9.07 Å². The van der Waals surface area contributed by atoms with Crippen LogP contribution in [0.15, 0.2) is 35.1 Å². The highest BCUT2D eigenvalue weighted by Crippen LogP contribution is 2.27. The zero-order chi connectivity index (χ0) is 17.2. The van der Waals surface area contributed by atoms with Crippen molar-refractivity contribution in [2.45, 2.75) is 18.8 Å². The van der Waals surface area contributed by atoms with Crippen LogP contribution in [0.3, 0.4) is 0 Å². The molecule has 5 nitrogen and oxygen atoms in total.